The summed E-state index contributed by atoms with van der Waals surface area (Å²) in [5.41, 5.74) is 1.30. The van der Waals surface area contributed by atoms with Crippen LogP contribution in [0.15, 0.2) is 12.3 Å². The van der Waals surface area contributed by atoms with Gasteiger partial charge in [-0.1, -0.05) is 0 Å². The highest BCUT2D eigenvalue weighted by molar-refractivity contribution is 5.13. The molecule has 3 aliphatic rings. The number of hydrogen-bond acceptors (Lipinski definition) is 2. The van der Waals surface area contributed by atoms with Gasteiger partial charge in [0.25, 0.3) is 0 Å². The number of rotatable bonds is 1. The van der Waals surface area contributed by atoms with Gasteiger partial charge in [0.15, 0.2) is 0 Å². The van der Waals surface area contributed by atoms with Gasteiger partial charge in [-0.2, -0.15) is 5.10 Å². The first-order chi connectivity index (χ1) is 6.74. The summed E-state index contributed by atoms with van der Waals surface area (Å²) in [6.07, 6.45) is 6.09. The van der Waals surface area contributed by atoms with Gasteiger partial charge < -0.3 is 4.90 Å². The van der Waals surface area contributed by atoms with E-state index in [1.165, 1.54) is 25.0 Å². The quantitative estimate of drug-likeness (QED) is 0.668. The highest BCUT2D eigenvalue weighted by Gasteiger charge is 2.43. The Kier molecular flexibility index (Phi) is 1.71. The van der Waals surface area contributed by atoms with Crippen LogP contribution in [0.4, 0.5) is 0 Å². The van der Waals surface area contributed by atoms with Crippen LogP contribution in [0.2, 0.25) is 0 Å². The van der Waals surface area contributed by atoms with Gasteiger partial charge in [0.05, 0.1) is 5.69 Å². The van der Waals surface area contributed by atoms with Gasteiger partial charge in [-0.3, -0.25) is 4.68 Å². The molecule has 1 aromatic heterocycles. The summed E-state index contributed by atoms with van der Waals surface area (Å²) < 4.78 is 1.92. The van der Waals surface area contributed by atoms with E-state index in [1.807, 2.05) is 11.7 Å². The topological polar surface area (TPSA) is 21.1 Å². The second-order valence-electron chi connectivity index (χ2n) is 4.79. The third-order valence-electron chi connectivity index (χ3n) is 3.96. The van der Waals surface area contributed by atoms with E-state index in [9.17, 15) is 0 Å². The Morgan fingerprint density at radius 3 is 2.43 bits per heavy atom. The summed E-state index contributed by atoms with van der Waals surface area (Å²) in [5, 5.41) is 4.51. The van der Waals surface area contributed by atoms with Gasteiger partial charge in [-0.15, -0.1) is 0 Å². The summed E-state index contributed by atoms with van der Waals surface area (Å²) in [5.74, 6) is 0.719. The molecule has 2 aliphatic heterocycles. The minimum absolute atomic E-state index is 0.719. The first kappa shape index (κ1) is 8.48. The van der Waals surface area contributed by atoms with Gasteiger partial charge in [0.2, 0.25) is 0 Å². The van der Waals surface area contributed by atoms with Crippen LogP contribution in [0, 0.1) is 0 Å². The van der Waals surface area contributed by atoms with Crippen LogP contribution in [-0.4, -0.2) is 33.8 Å². The Labute approximate surface area is 84.7 Å². The molecule has 0 spiro atoms. The predicted octanol–water partition coefficient (Wildman–Crippen LogP) is 1.37. The summed E-state index contributed by atoms with van der Waals surface area (Å²) in [7, 11) is 4.26. The van der Waals surface area contributed by atoms with Gasteiger partial charge in [-0.05, 0) is 32.4 Å². The van der Waals surface area contributed by atoms with E-state index in [0.29, 0.717) is 0 Å². The van der Waals surface area contributed by atoms with Gasteiger partial charge in [0.1, 0.15) is 0 Å². The SMILES string of the molecule is CN1C2CC(c3ccn(C)n3)CC1C2. The second kappa shape index (κ2) is 2.83. The van der Waals surface area contributed by atoms with Crippen molar-refractivity contribution in [3.8, 4) is 0 Å². The minimum atomic E-state index is 0.719. The maximum absolute atomic E-state index is 4.51. The molecular weight excluding hydrogens is 174 g/mol. The van der Waals surface area contributed by atoms with Crippen LogP contribution >= 0.6 is 0 Å². The molecule has 1 aliphatic carbocycles. The summed E-state index contributed by atoms with van der Waals surface area (Å²) in [6.45, 7) is 0. The molecule has 0 amide bonds. The van der Waals surface area contributed by atoms with Gasteiger partial charge in [0, 0.05) is 31.2 Å². The zero-order valence-electron chi connectivity index (χ0n) is 8.85. The first-order valence-electron chi connectivity index (χ1n) is 5.45. The molecule has 2 unspecified atom stereocenters. The van der Waals surface area contributed by atoms with E-state index in [-0.39, 0.29) is 0 Å². The highest BCUT2D eigenvalue weighted by atomic mass is 15.3. The molecule has 0 aromatic carbocycles. The van der Waals surface area contributed by atoms with Crippen LogP contribution in [0.5, 0.6) is 0 Å². The molecule has 3 nitrogen and oxygen atoms in total. The smallest absolute Gasteiger partial charge is 0.0656 e. The largest absolute Gasteiger partial charge is 0.300 e. The maximum atomic E-state index is 4.51. The van der Waals surface area contributed by atoms with Gasteiger partial charge in [-0.25, -0.2) is 0 Å². The molecule has 0 radical (unpaired) electrons. The zero-order chi connectivity index (χ0) is 9.71. The molecule has 4 rings (SSSR count). The van der Waals surface area contributed by atoms with Crippen molar-refractivity contribution < 1.29 is 0 Å². The lowest BCUT2D eigenvalue weighted by Gasteiger charge is -2.53. The molecule has 2 saturated heterocycles. The minimum Gasteiger partial charge on any atom is -0.300 e. The molecule has 2 atom stereocenters. The lowest BCUT2D eigenvalue weighted by molar-refractivity contribution is -0.0137. The predicted molar refractivity (Wildman–Crippen MR) is 55.1 cm³/mol. The fourth-order valence-corrected chi connectivity index (χ4v) is 2.98. The van der Waals surface area contributed by atoms with E-state index in [1.54, 1.807) is 0 Å². The number of fused-ring (bicyclic) bond motifs is 2. The number of aryl methyl sites for hydroxylation is 1. The lowest BCUT2D eigenvalue weighted by atomic mass is 9.73. The van der Waals surface area contributed by atoms with Crippen molar-refractivity contribution in [3.63, 3.8) is 0 Å². The van der Waals surface area contributed by atoms with Gasteiger partial charge >= 0.3 is 0 Å². The average molecular weight is 191 g/mol. The Morgan fingerprint density at radius 2 is 1.93 bits per heavy atom. The molecule has 3 heterocycles. The lowest BCUT2D eigenvalue weighted by Crippen LogP contribution is -2.58. The molecular formula is C11H17N3. The number of nitrogens with zero attached hydrogens (tertiary/aromatic N) is 3. The van der Waals surface area contributed by atoms with Crippen LogP contribution in [-0.2, 0) is 7.05 Å². The summed E-state index contributed by atoms with van der Waals surface area (Å²) in [6, 6.07) is 3.84. The molecule has 1 saturated carbocycles. The van der Waals surface area contributed by atoms with Crippen molar-refractivity contribution in [1.82, 2.24) is 14.7 Å². The number of hydrogen-bond donors (Lipinski definition) is 0. The van der Waals surface area contributed by atoms with Crippen LogP contribution < -0.4 is 0 Å². The molecule has 14 heavy (non-hydrogen) atoms. The van der Waals surface area contributed by atoms with Crippen molar-refractivity contribution in [2.75, 3.05) is 7.05 Å². The third kappa shape index (κ3) is 1.12. The number of piperidine rings is 1. The highest BCUT2D eigenvalue weighted by Crippen LogP contribution is 2.43. The Morgan fingerprint density at radius 1 is 1.21 bits per heavy atom. The molecule has 1 aromatic rings. The Bertz CT molecular complexity index is 332. The van der Waals surface area contributed by atoms with Crippen molar-refractivity contribution in [2.45, 2.75) is 37.3 Å². The van der Waals surface area contributed by atoms with Crippen LogP contribution in [0.1, 0.15) is 30.9 Å². The molecule has 3 heteroatoms. The number of aromatic nitrogens is 2. The molecule has 2 bridgehead atoms. The average Bonchev–Trinajstić information content (AvgIpc) is 2.64. The Hall–Kier alpha value is -0.830. The van der Waals surface area contributed by atoms with E-state index >= 15 is 0 Å². The van der Waals surface area contributed by atoms with E-state index in [2.05, 4.69) is 29.3 Å². The van der Waals surface area contributed by atoms with Crippen molar-refractivity contribution in [1.29, 1.82) is 0 Å². The molecule has 3 fully saturated rings. The second-order valence-corrected chi connectivity index (χ2v) is 4.79. The fraction of sp³-hybridized carbons (Fsp3) is 0.727. The van der Waals surface area contributed by atoms with Crippen molar-refractivity contribution in [3.05, 3.63) is 18.0 Å². The van der Waals surface area contributed by atoms with Crippen LogP contribution in [0.25, 0.3) is 0 Å². The summed E-state index contributed by atoms with van der Waals surface area (Å²) >= 11 is 0. The fourth-order valence-electron chi connectivity index (χ4n) is 2.98. The van der Waals surface area contributed by atoms with Crippen molar-refractivity contribution >= 4 is 0 Å². The standard InChI is InChI=1S/C11H17N3/c1-13-4-3-11(12-13)8-5-9-7-10(6-8)14(9)2/h3-4,8-10H,5-7H2,1-2H3. The third-order valence-corrected chi connectivity index (χ3v) is 3.96. The van der Waals surface area contributed by atoms with Crippen molar-refractivity contribution in [2.24, 2.45) is 7.05 Å². The summed E-state index contributed by atoms with van der Waals surface area (Å²) in [4.78, 5) is 2.53. The normalized spacial score (nSPS) is 36.9. The zero-order valence-corrected chi connectivity index (χ0v) is 8.85. The van der Waals surface area contributed by atoms with Crippen LogP contribution in [0.3, 0.4) is 0 Å². The van der Waals surface area contributed by atoms with E-state index in [0.717, 1.165) is 18.0 Å². The maximum Gasteiger partial charge on any atom is 0.0656 e. The Balaban J connectivity index is 1.77. The monoisotopic (exact) mass is 191 g/mol. The van der Waals surface area contributed by atoms with E-state index < -0.39 is 0 Å². The van der Waals surface area contributed by atoms with E-state index in [4.69, 9.17) is 0 Å². The molecule has 0 N–H and O–H groups in total. The first-order valence-corrected chi connectivity index (χ1v) is 5.45. The molecule has 76 valence electrons.